The minimum absolute atomic E-state index is 0.0538. The second kappa shape index (κ2) is 8.38. The molecule has 3 rings (SSSR count). The number of fused-ring (bicyclic) bond motifs is 1. The highest BCUT2D eigenvalue weighted by atomic mass is 16.6. The molecular weight excluding hydrogens is 334 g/mol. The molecule has 0 aliphatic carbocycles. The third kappa shape index (κ3) is 4.53. The molecule has 6 nitrogen and oxygen atoms in total. The van der Waals surface area contributed by atoms with Gasteiger partial charge in [-0.1, -0.05) is 42.5 Å². The summed E-state index contributed by atoms with van der Waals surface area (Å²) in [5.74, 6) is 0.112. The summed E-state index contributed by atoms with van der Waals surface area (Å²) < 4.78 is 16.3. The van der Waals surface area contributed by atoms with Gasteiger partial charge in [0.05, 0.1) is 0 Å². The fourth-order valence-electron chi connectivity index (χ4n) is 2.56. The summed E-state index contributed by atoms with van der Waals surface area (Å²) in [4.78, 5) is 24.3. The van der Waals surface area contributed by atoms with Gasteiger partial charge in [-0.2, -0.15) is 0 Å². The van der Waals surface area contributed by atoms with E-state index < -0.39 is 18.2 Å². The molecule has 1 amide bonds. The van der Waals surface area contributed by atoms with E-state index in [1.165, 1.54) is 6.92 Å². The van der Waals surface area contributed by atoms with Gasteiger partial charge in [-0.05, 0) is 31.0 Å². The molecule has 0 unspecified atom stereocenters. The van der Waals surface area contributed by atoms with Crippen molar-refractivity contribution in [2.75, 3.05) is 13.2 Å². The minimum Gasteiger partial charge on any atom is -0.485 e. The van der Waals surface area contributed by atoms with E-state index in [0.29, 0.717) is 24.5 Å². The highest BCUT2D eigenvalue weighted by molar-refractivity contribution is 5.84. The number of hydrogen-bond acceptors (Lipinski definition) is 5. The van der Waals surface area contributed by atoms with E-state index in [2.05, 4.69) is 5.32 Å². The Hall–Kier alpha value is -3.02. The number of hydrogen-bond donors (Lipinski definition) is 1. The van der Waals surface area contributed by atoms with Crippen LogP contribution in [-0.4, -0.2) is 37.2 Å². The second-order valence-corrected chi connectivity index (χ2v) is 5.97. The van der Waals surface area contributed by atoms with Crippen molar-refractivity contribution in [1.82, 2.24) is 5.32 Å². The average molecular weight is 355 g/mol. The molecule has 2 aromatic carbocycles. The van der Waals surface area contributed by atoms with Gasteiger partial charge in [0.1, 0.15) is 6.61 Å². The van der Waals surface area contributed by atoms with Crippen molar-refractivity contribution >= 4 is 11.9 Å². The van der Waals surface area contributed by atoms with Crippen LogP contribution in [0.25, 0.3) is 0 Å². The number of para-hydroxylation sites is 2. The van der Waals surface area contributed by atoms with Crippen molar-refractivity contribution in [3.8, 4) is 11.5 Å². The van der Waals surface area contributed by atoms with Crippen molar-refractivity contribution < 1.29 is 23.8 Å². The molecule has 0 aromatic heterocycles. The quantitative estimate of drug-likeness (QED) is 0.804. The zero-order valence-electron chi connectivity index (χ0n) is 14.5. The first kappa shape index (κ1) is 17.8. The van der Waals surface area contributed by atoms with Crippen LogP contribution in [0.4, 0.5) is 0 Å². The lowest BCUT2D eigenvalue weighted by Crippen LogP contribution is -2.43. The lowest BCUT2D eigenvalue weighted by molar-refractivity contribution is -0.163. The van der Waals surface area contributed by atoms with Gasteiger partial charge in [0.15, 0.2) is 17.6 Å². The standard InChI is InChI=1S/C20H21NO5/c1-14(19(22)21-12-11-15-7-3-2-4-8-15)25-20(23)18-13-24-16-9-5-6-10-17(16)26-18/h2-10,14,18H,11-13H2,1H3,(H,21,22)/t14-,18+/m0/s1. The van der Waals surface area contributed by atoms with E-state index >= 15 is 0 Å². The maximum absolute atomic E-state index is 12.2. The molecule has 1 aliphatic rings. The maximum Gasteiger partial charge on any atom is 0.351 e. The number of benzene rings is 2. The predicted molar refractivity (Wildman–Crippen MR) is 95.1 cm³/mol. The number of carbonyl (C=O) groups excluding carboxylic acids is 2. The molecule has 0 saturated carbocycles. The maximum atomic E-state index is 12.2. The summed E-state index contributed by atoms with van der Waals surface area (Å²) in [6.07, 6.45) is -1.08. The molecular formula is C20H21NO5. The Morgan fingerprint density at radius 2 is 1.81 bits per heavy atom. The Morgan fingerprint density at radius 3 is 2.58 bits per heavy atom. The van der Waals surface area contributed by atoms with Gasteiger partial charge in [0, 0.05) is 6.54 Å². The topological polar surface area (TPSA) is 73.9 Å². The largest absolute Gasteiger partial charge is 0.485 e. The molecule has 26 heavy (non-hydrogen) atoms. The first-order valence-corrected chi connectivity index (χ1v) is 8.54. The number of ether oxygens (including phenoxy) is 3. The second-order valence-electron chi connectivity index (χ2n) is 5.97. The van der Waals surface area contributed by atoms with Crippen LogP contribution in [0.3, 0.4) is 0 Å². The molecule has 0 radical (unpaired) electrons. The van der Waals surface area contributed by atoms with Gasteiger partial charge in [-0.3, -0.25) is 4.79 Å². The van der Waals surface area contributed by atoms with E-state index in [9.17, 15) is 9.59 Å². The molecule has 2 atom stereocenters. The molecule has 1 aliphatic heterocycles. The van der Waals surface area contributed by atoms with E-state index in [1.807, 2.05) is 36.4 Å². The van der Waals surface area contributed by atoms with Crippen molar-refractivity contribution in [3.05, 3.63) is 60.2 Å². The number of amides is 1. The summed E-state index contributed by atoms with van der Waals surface area (Å²) in [6, 6.07) is 16.9. The van der Waals surface area contributed by atoms with Crippen LogP contribution in [0.15, 0.2) is 54.6 Å². The normalized spacial score (nSPS) is 16.4. The van der Waals surface area contributed by atoms with Gasteiger partial charge in [0.25, 0.3) is 5.91 Å². The van der Waals surface area contributed by atoms with Gasteiger partial charge >= 0.3 is 5.97 Å². The Kier molecular flexibility index (Phi) is 5.73. The van der Waals surface area contributed by atoms with Crippen LogP contribution in [-0.2, 0) is 20.7 Å². The van der Waals surface area contributed by atoms with Crippen molar-refractivity contribution in [2.45, 2.75) is 25.6 Å². The summed E-state index contributed by atoms with van der Waals surface area (Å²) in [7, 11) is 0. The fourth-order valence-corrected chi connectivity index (χ4v) is 2.56. The Balaban J connectivity index is 1.44. The van der Waals surface area contributed by atoms with Gasteiger partial charge in [0.2, 0.25) is 6.10 Å². The summed E-state index contributed by atoms with van der Waals surface area (Å²) >= 11 is 0. The number of rotatable bonds is 6. The molecule has 6 heteroatoms. The third-order valence-corrected chi connectivity index (χ3v) is 3.99. The summed E-state index contributed by atoms with van der Waals surface area (Å²) in [5.41, 5.74) is 1.13. The fraction of sp³-hybridized carbons (Fsp3) is 0.300. The smallest absolute Gasteiger partial charge is 0.351 e. The van der Waals surface area contributed by atoms with Gasteiger partial charge < -0.3 is 19.5 Å². The van der Waals surface area contributed by atoms with Crippen molar-refractivity contribution in [2.24, 2.45) is 0 Å². The Labute approximate surface area is 152 Å². The van der Waals surface area contributed by atoms with Crippen molar-refractivity contribution in [3.63, 3.8) is 0 Å². The highest BCUT2D eigenvalue weighted by Crippen LogP contribution is 2.31. The Bertz CT molecular complexity index is 762. The summed E-state index contributed by atoms with van der Waals surface area (Å²) in [6.45, 7) is 2.06. The van der Waals surface area contributed by atoms with E-state index in [-0.39, 0.29) is 12.5 Å². The van der Waals surface area contributed by atoms with E-state index in [4.69, 9.17) is 14.2 Å². The minimum atomic E-state index is -0.904. The van der Waals surface area contributed by atoms with Crippen LogP contribution in [0.2, 0.25) is 0 Å². The van der Waals surface area contributed by atoms with Gasteiger partial charge in [-0.15, -0.1) is 0 Å². The van der Waals surface area contributed by atoms with Crippen LogP contribution < -0.4 is 14.8 Å². The first-order valence-electron chi connectivity index (χ1n) is 8.54. The van der Waals surface area contributed by atoms with Crippen LogP contribution in [0, 0.1) is 0 Å². The molecule has 1 N–H and O–H groups in total. The molecule has 1 heterocycles. The molecule has 0 spiro atoms. The van der Waals surface area contributed by atoms with Crippen LogP contribution in [0.1, 0.15) is 12.5 Å². The molecule has 0 saturated heterocycles. The van der Waals surface area contributed by atoms with Crippen LogP contribution >= 0.6 is 0 Å². The third-order valence-electron chi connectivity index (χ3n) is 3.99. The SMILES string of the molecule is C[C@H](OC(=O)[C@H]1COc2ccccc2O1)C(=O)NCCc1ccccc1. The predicted octanol–water partition coefficient (Wildman–Crippen LogP) is 2.12. The Morgan fingerprint density at radius 1 is 1.12 bits per heavy atom. The number of nitrogens with one attached hydrogen (secondary N) is 1. The first-order chi connectivity index (χ1) is 12.6. The number of carbonyl (C=O) groups is 2. The lowest BCUT2D eigenvalue weighted by Gasteiger charge is -2.25. The highest BCUT2D eigenvalue weighted by Gasteiger charge is 2.31. The molecule has 0 fully saturated rings. The zero-order valence-corrected chi connectivity index (χ0v) is 14.5. The van der Waals surface area contributed by atoms with E-state index in [1.54, 1.807) is 18.2 Å². The van der Waals surface area contributed by atoms with Crippen molar-refractivity contribution in [1.29, 1.82) is 0 Å². The number of esters is 1. The lowest BCUT2D eigenvalue weighted by atomic mass is 10.1. The average Bonchev–Trinajstić information content (AvgIpc) is 2.68. The molecule has 2 aromatic rings. The molecule has 0 bridgehead atoms. The van der Waals surface area contributed by atoms with Crippen LogP contribution in [0.5, 0.6) is 11.5 Å². The monoisotopic (exact) mass is 355 g/mol. The van der Waals surface area contributed by atoms with Gasteiger partial charge in [-0.25, -0.2) is 4.79 Å². The summed E-state index contributed by atoms with van der Waals surface area (Å²) in [5, 5.41) is 2.77. The zero-order chi connectivity index (χ0) is 18.4. The molecule has 136 valence electrons. The van der Waals surface area contributed by atoms with E-state index in [0.717, 1.165) is 5.56 Å².